The van der Waals surface area contributed by atoms with Crippen molar-refractivity contribution in [3.8, 4) is 17.2 Å². The Morgan fingerprint density at radius 3 is 2.45 bits per heavy atom. The highest BCUT2D eigenvalue weighted by molar-refractivity contribution is 7.90. The predicted octanol–water partition coefficient (Wildman–Crippen LogP) is 10.5. The van der Waals surface area contributed by atoms with Crippen LogP contribution in [0.1, 0.15) is 111 Å². The minimum atomic E-state index is -4.66. The number of benzene rings is 4. The SMILES string of the molecule is COc1cc(CN2CCN(C3CC4(CCN(c5ccc(C(=O)NS(=O)(=O)c6ccc(NCC7CCC(C)(O)CC7)c([N+](=O)[O-])c6)c(Oc6cnc7[nH]cc(F)c7c6)c5)CC4)C3)[C@H](c3ccccc3C(C)C)C2)ccc1F. The zero-order valence-electron chi connectivity index (χ0n) is 43.4. The number of aliphatic hydroxyl groups is 1. The fourth-order valence-electron chi connectivity index (χ4n) is 12.0. The molecule has 4 N–H and O–H groups in total. The minimum absolute atomic E-state index is 0.00599. The lowest BCUT2D eigenvalue weighted by atomic mass is 9.59. The molecule has 4 fully saturated rings. The van der Waals surface area contributed by atoms with Crippen molar-refractivity contribution in [1.29, 1.82) is 0 Å². The Bertz CT molecular complexity index is 3240. The number of nitrogens with one attached hydrogen (secondary N) is 3. The van der Waals surface area contributed by atoms with Crippen molar-refractivity contribution in [1.82, 2.24) is 24.5 Å². The molecule has 4 aromatic carbocycles. The Hall–Kier alpha value is -6.67. The number of aromatic amines is 1. The highest BCUT2D eigenvalue weighted by atomic mass is 32.2. The average molecular weight is 1060 g/mol. The first-order valence-corrected chi connectivity index (χ1v) is 27.8. The average Bonchev–Trinajstić information content (AvgIpc) is 3.82. The molecule has 0 radical (unpaired) electrons. The Balaban J connectivity index is 0.839. The summed E-state index contributed by atoms with van der Waals surface area (Å²) in [6.45, 7) is 11.5. The number of sulfonamides is 1. The third kappa shape index (κ3) is 11.2. The third-order valence-corrected chi connectivity index (χ3v) is 17.8. The van der Waals surface area contributed by atoms with Crippen molar-refractivity contribution in [3.63, 3.8) is 0 Å². The van der Waals surface area contributed by atoms with Crippen molar-refractivity contribution in [2.75, 3.05) is 56.6 Å². The summed E-state index contributed by atoms with van der Waals surface area (Å²) in [5.74, 6) is -1.06. The summed E-state index contributed by atoms with van der Waals surface area (Å²) in [7, 11) is -3.17. The van der Waals surface area contributed by atoms with Gasteiger partial charge in [0.2, 0.25) is 0 Å². The molecule has 0 bridgehead atoms. The fraction of sp³-hybridized carbons (Fsp3) is 0.439. The summed E-state index contributed by atoms with van der Waals surface area (Å²) in [6.07, 6.45) is 9.27. The van der Waals surface area contributed by atoms with Crippen LogP contribution < -0.4 is 24.4 Å². The maximum atomic E-state index is 14.7. The van der Waals surface area contributed by atoms with Crippen LogP contribution in [0.2, 0.25) is 0 Å². The number of hydrogen-bond donors (Lipinski definition) is 4. The Morgan fingerprint density at radius 2 is 1.71 bits per heavy atom. The van der Waals surface area contributed by atoms with Gasteiger partial charge in [-0.3, -0.25) is 24.7 Å². The number of piperazine rings is 1. The first-order valence-electron chi connectivity index (χ1n) is 26.3. The van der Waals surface area contributed by atoms with Crippen LogP contribution >= 0.6 is 0 Å². The number of pyridine rings is 1. The number of carbonyl (C=O) groups excluding carboxylic acids is 1. The van der Waals surface area contributed by atoms with E-state index in [1.54, 1.807) is 25.1 Å². The number of fused-ring (bicyclic) bond motifs is 1. The molecule has 2 aromatic heterocycles. The molecule has 76 heavy (non-hydrogen) atoms. The second kappa shape index (κ2) is 21.4. The lowest BCUT2D eigenvalue weighted by molar-refractivity contribution is -0.384. The van der Waals surface area contributed by atoms with E-state index < -0.39 is 42.9 Å². The van der Waals surface area contributed by atoms with Crippen molar-refractivity contribution >= 4 is 44.0 Å². The maximum absolute atomic E-state index is 14.7. The minimum Gasteiger partial charge on any atom is -0.494 e. The van der Waals surface area contributed by atoms with E-state index in [9.17, 15) is 37.2 Å². The lowest BCUT2D eigenvalue weighted by Gasteiger charge is -2.58. The third-order valence-electron chi connectivity index (χ3n) is 16.5. The molecule has 2 aliphatic heterocycles. The molecule has 2 saturated carbocycles. The number of methoxy groups -OCH3 is 1. The smallest absolute Gasteiger partial charge is 0.293 e. The van der Waals surface area contributed by atoms with E-state index in [1.165, 1.54) is 61.0 Å². The number of amides is 1. The van der Waals surface area contributed by atoms with Gasteiger partial charge in [-0.05, 0) is 135 Å². The number of halogens is 2. The highest BCUT2D eigenvalue weighted by Crippen LogP contribution is 2.53. The van der Waals surface area contributed by atoms with Crippen molar-refractivity contribution in [2.45, 2.75) is 107 Å². The van der Waals surface area contributed by atoms with Crippen LogP contribution in [0.3, 0.4) is 0 Å². The van der Waals surface area contributed by atoms with Gasteiger partial charge in [-0.1, -0.05) is 44.2 Å². The molecule has 1 amide bonds. The number of anilines is 2. The van der Waals surface area contributed by atoms with Gasteiger partial charge in [-0.15, -0.1) is 0 Å². The molecule has 402 valence electrons. The Labute approximate surface area is 442 Å². The number of ether oxygens (including phenoxy) is 2. The van der Waals surface area contributed by atoms with Crippen LogP contribution in [-0.2, 0) is 16.6 Å². The number of aromatic nitrogens is 2. The summed E-state index contributed by atoms with van der Waals surface area (Å²) in [4.78, 5) is 39.6. The molecule has 4 heterocycles. The molecule has 0 unspecified atom stereocenters. The molecular weight excluding hydrogens is 995 g/mol. The summed E-state index contributed by atoms with van der Waals surface area (Å²) < 4.78 is 70.4. The van der Waals surface area contributed by atoms with Gasteiger partial charge in [0.05, 0.1) is 39.7 Å². The quantitative estimate of drug-likeness (QED) is 0.0529. The van der Waals surface area contributed by atoms with Gasteiger partial charge in [0, 0.05) is 81.9 Å². The van der Waals surface area contributed by atoms with Crippen molar-refractivity contribution in [2.24, 2.45) is 11.3 Å². The molecule has 4 aliphatic rings. The van der Waals surface area contributed by atoms with E-state index in [2.05, 4.69) is 72.8 Å². The Morgan fingerprint density at radius 1 is 0.947 bits per heavy atom. The van der Waals surface area contributed by atoms with E-state index in [0.717, 1.165) is 88.6 Å². The van der Waals surface area contributed by atoms with Crippen LogP contribution in [-0.4, -0.2) is 102 Å². The van der Waals surface area contributed by atoms with Gasteiger partial charge in [0.25, 0.3) is 21.6 Å². The van der Waals surface area contributed by atoms with E-state index in [-0.39, 0.29) is 57.1 Å². The van der Waals surface area contributed by atoms with Gasteiger partial charge in [-0.2, -0.15) is 0 Å². The van der Waals surface area contributed by atoms with Crippen LogP contribution in [0.15, 0.2) is 102 Å². The van der Waals surface area contributed by atoms with Gasteiger partial charge in [0.1, 0.15) is 28.7 Å². The molecule has 19 heteroatoms. The zero-order valence-corrected chi connectivity index (χ0v) is 44.2. The lowest BCUT2D eigenvalue weighted by Crippen LogP contribution is -2.60. The van der Waals surface area contributed by atoms with E-state index in [1.807, 2.05) is 6.07 Å². The number of nitro groups is 1. The van der Waals surface area contributed by atoms with Gasteiger partial charge in [0.15, 0.2) is 11.6 Å². The number of nitrogens with zero attached hydrogens (tertiary/aromatic N) is 5. The first kappa shape index (κ1) is 52.8. The largest absolute Gasteiger partial charge is 0.494 e. The molecule has 6 aromatic rings. The molecule has 2 saturated heterocycles. The second-order valence-electron chi connectivity index (χ2n) is 22.0. The normalized spacial score (nSPS) is 21.4. The number of nitro benzene ring substituents is 1. The summed E-state index contributed by atoms with van der Waals surface area (Å²) in [6, 6.07) is 24.3. The van der Waals surface area contributed by atoms with E-state index >= 15 is 0 Å². The van der Waals surface area contributed by atoms with Crippen LogP contribution in [0.25, 0.3) is 11.0 Å². The van der Waals surface area contributed by atoms with Gasteiger partial charge in [-0.25, -0.2) is 26.9 Å². The molecule has 16 nitrogen and oxygen atoms in total. The topological polar surface area (TPSA) is 195 Å². The fourth-order valence-corrected chi connectivity index (χ4v) is 13.0. The van der Waals surface area contributed by atoms with Crippen LogP contribution in [0.4, 0.5) is 25.8 Å². The van der Waals surface area contributed by atoms with E-state index in [0.29, 0.717) is 43.5 Å². The number of piperidine rings is 1. The van der Waals surface area contributed by atoms with E-state index in [4.69, 9.17) is 9.47 Å². The zero-order chi connectivity index (χ0) is 53.5. The molecule has 2 aliphatic carbocycles. The number of rotatable bonds is 16. The van der Waals surface area contributed by atoms with Crippen molar-refractivity contribution < 1.29 is 41.5 Å². The van der Waals surface area contributed by atoms with Gasteiger partial charge < -0.3 is 29.8 Å². The maximum Gasteiger partial charge on any atom is 0.293 e. The summed E-state index contributed by atoms with van der Waals surface area (Å²) in [5.41, 5.74) is 3.71. The predicted molar refractivity (Wildman–Crippen MR) is 286 cm³/mol. The van der Waals surface area contributed by atoms with Crippen molar-refractivity contribution in [3.05, 3.63) is 141 Å². The highest BCUT2D eigenvalue weighted by Gasteiger charge is 2.50. The van der Waals surface area contributed by atoms with Gasteiger partial charge >= 0.3 is 0 Å². The second-order valence-corrected chi connectivity index (χ2v) is 23.7. The number of hydrogen-bond acceptors (Lipinski definition) is 13. The standard InChI is InChI=1S/C57H66F2N8O8S/c1-36(2)43-7-5-6-8-44(43)51-35-64(34-38-9-13-47(58)53(25-38)74-4)23-24-66(51)40-29-57(30-40)19-21-65(22-20-57)39-10-12-45(52(26-39)75-41-27-46-48(59)33-62-54(46)61-32-41)55(68)63-76(72,73)42-11-14-49(50(28-42)67(70)71)60-31-37-15-17-56(3,69)18-16-37/h5-14,25-28,32-33,36-37,40,51,60,69H,15-24,29-31,34-35H2,1-4H3,(H,61,62)(H,63,68)/t37?,51-,56?/m0/s1. The molecule has 1 atom stereocenters. The van der Waals surface area contributed by atoms with Crippen LogP contribution in [0, 0.1) is 33.1 Å². The Kier molecular flexibility index (Phi) is 14.9. The summed E-state index contributed by atoms with van der Waals surface area (Å²) in [5, 5.41) is 25.8. The number of H-pyrrole nitrogens is 1. The first-order chi connectivity index (χ1) is 36.4. The molecule has 10 rings (SSSR count). The van der Waals surface area contributed by atoms with Crippen LogP contribution in [0.5, 0.6) is 17.2 Å². The summed E-state index contributed by atoms with van der Waals surface area (Å²) >= 11 is 0. The monoisotopic (exact) mass is 1060 g/mol. The molecular formula is C57H66F2N8O8S. The number of carbonyl (C=O) groups is 1. The molecule has 1 spiro atoms.